The summed E-state index contributed by atoms with van der Waals surface area (Å²) in [6.07, 6.45) is 2.15. The van der Waals surface area contributed by atoms with E-state index in [1.807, 2.05) is 24.9 Å². The highest BCUT2D eigenvalue weighted by molar-refractivity contribution is 7.98. The lowest BCUT2D eigenvalue weighted by atomic mass is 9.98. The zero-order valence-corrected chi connectivity index (χ0v) is 11.6. The average Bonchev–Trinajstić information content (AvgIpc) is 2.39. The molecule has 2 N–H and O–H groups in total. The van der Waals surface area contributed by atoms with Crippen molar-refractivity contribution in [3.8, 4) is 0 Å². The molecule has 0 radical (unpaired) electrons. The number of hydrogen-bond acceptors (Lipinski definition) is 3. The first-order valence-corrected chi connectivity index (χ1v) is 7.27. The van der Waals surface area contributed by atoms with E-state index in [0.29, 0.717) is 0 Å². The maximum Gasteiger partial charge on any atom is 0.0610 e. The van der Waals surface area contributed by atoms with Crippen molar-refractivity contribution in [2.24, 2.45) is 0 Å². The van der Waals surface area contributed by atoms with Crippen LogP contribution < -0.4 is 5.32 Å². The molecule has 96 valence electrons. The van der Waals surface area contributed by atoms with Gasteiger partial charge in [0.05, 0.1) is 6.61 Å². The van der Waals surface area contributed by atoms with Crippen LogP contribution in [0.1, 0.15) is 25.3 Å². The van der Waals surface area contributed by atoms with Crippen LogP contribution in [0.2, 0.25) is 0 Å². The lowest BCUT2D eigenvalue weighted by molar-refractivity contribution is 0.173. The summed E-state index contributed by atoms with van der Waals surface area (Å²) in [7, 11) is 1.91. The summed E-state index contributed by atoms with van der Waals surface area (Å²) in [5, 5.41) is 12.4. The van der Waals surface area contributed by atoms with Crippen LogP contribution in [0.3, 0.4) is 0 Å². The van der Waals surface area contributed by atoms with E-state index in [2.05, 4.69) is 36.5 Å². The fourth-order valence-electron chi connectivity index (χ4n) is 1.61. The van der Waals surface area contributed by atoms with Gasteiger partial charge in [-0.2, -0.15) is 11.8 Å². The van der Waals surface area contributed by atoms with Crippen LogP contribution in [0.25, 0.3) is 0 Å². The van der Waals surface area contributed by atoms with Crippen molar-refractivity contribution in [1.82, 2.24) is 5.32 Å². The number of aliphatic hydroxyl groups excluding tert-OH is 1. The third-order valence-corrected chi connectivity index (χ3v) is 4.20. The molecule has 17 heavy (non-hydrogen) atoms. The number of rotatable bonds is 8. The summed E-state index contributed by atoms with van der Waals surface area (Å²) in [6.45, 7) is 2.27. The third-order valence-electron chi connectivity index (χ3n) is 3.08. The molecule has 0 bridgehead atoms. The predicted octanol–water partition coefficient (Wildman–Crippen LogP) is 2.67. The van der Waals surface area contributed by atoms with E-state index in [1.54, 1.807) is 0 Å². The lowest BCUT2D eigenvalue weighted by Gasteiger charge is -2.26. The summed E-state index contributed by atoms with van der Waals surface area (Å²) >= 11 is 1.96. The van der Waals surface area contributed by atoms with Crippen LogP contribution in [0, 0.1) is 0 Å². The molecule has 0 spiro atoms. The van der Waals surface area contributed by atoms with Gasteiger partial charge in [-0.1, -0.05) is 30.3 Å². The van der Waals surface area contributed by atoms with Crippen molar-refractivity contribution in [1.29, 1.82) is 0 Å². The molecule has 0 aliphatic heterocycles. The van der Waals surface area contributed by atoms with Gasteiger partial charge >= 0.3 is 0 Å². The van der Waals surface area contributed by atoms with Gasteiger partial charge in [0.15, 0.2) is 0 Å². The van der Waals surface area contributed by atoms with Gasteiger partial charge in [-0.3, -0.25) is 0 Å². The van der Waals surface area contributed by atoms with Crippen LogP contribution in [0.4, 0.5) is 0 Å². The van der Waals surface area contributed by atoms with Crippen molar-refractivity contribution in [2.45, 2.75) is 31.1 Å². The van der Waals surface area contributed by atoms with Crippen LogP contribution in [-0.2, 0) is 5.75 Å². The van der Waals surface area contributed by atoms with E-state index in [4.69, 9.17) is 0 Å². The SMILES string of the molecule is CNC(C)(CO)CCCSCc1ccccc1. The highest BCUT2D eigenvalue weighted by atomic mass is 32.2. The first-order chi connectivity index (χ1) is 8.20. The molecule has 0 aliphatic carbocycles. The second-order valence-corrected chi connectivity index (χ2v) is 5.72. The summed E-state index contributed by atoms with van der Waals surface area (Å²) < 4.78 is 0. The molecule has 2 nitrogen and oxygen atoms in total. The van der Waals surface area contributed by atoms with Crippen molar-refractivity contribution in [2.75, 3.05) is 19.4 Å². The minimum absolute atomic E-state index is 0.118. The molecule has 0 amide bonds. The predicted molar refractivity (Wildman–Crippen MR) is 76.4 cm³/mol. The van der Waals surface area contributed by atoms with E-state index in [-0.39, 0.29) is 12.1 Å². The molecule has 1 aromatic carbocycles. The normalized spacial score (nSPS) is 14.5. The molecule has 0 aromatic heterocycles. The highest BCUT2D eigenvalue weighted by Crippen LogP contribution is 2.17. The van der Waals surface area contributed by atoms with Crippen molar-refractivity contribution < 1.29 is 5.11 Å². The Labute approximate surface area is 109 Å². The summed E-state index contributed by atoms with van der Waals surface area (Å²) in [5.41, 5.74) is 1.27. The first-order valence-electron chi connectivity index (χ1n) is 6.11. The smallest absolute Gasteiger partial charge is 0.0610 e. The Hall–Kier alpha value is -0.510. The van der Waals surface area contributed by atoms with Gasteiger partial charge in [-0.15, -0.1) is 0 Å². The summed E-state index contributed by atoms with van der Waals surface area (Å²) in [4.78, 5) is 0. The largest absolute Gasteiger partial charge is 0.394 e. The monoisotopic (exact) mass is 253 g/mol. The maximum absolute atomic E-state index is 9.25. The van der Waals surface area contributed by atoms with E-state index in [1.165, 1.54) is 5.56 Å². The number of hydrogen-bond donors (Lipinski definition) is 2. The standard InChI is InChI=1S/C14H23NOS/c1-14(12-16,15-2)9-6-10-17-11-13-7-4-3-5-8-13/h3-5,7-8,15-16H,6,9-12H2,1-2H3. The van der Waals surface area contributed by atoms with Gasteiger partial charge in [-0.25, -0.2) is 0 Å². The third kappa shape index (κ3) is 5.57. The Morgan fingerprint density at radius 3 is 2.59 bits per heavy atom. The average molecular weight is 253 g/mol. The van der Waals surface area contributed by atoms with Gasteiger partial charge in [0.2, 0.25) is 0 Å². The fraction of sp³-hybridized carbons (Fsp3) is 0.571. The molecular formula is C14H23NOS. The van der Waals surface area contributed by atoms with Crippen LogP contribution in [0.5, 0.6) is 0 Å². The molecule has 1 unspecified atom stereocenters. The Kier molecular flexibility index (Phi) is 6.63. The first kappa shape index (κ1) is 14.6. The molecule has 0 heterocycles. The van der Waals surface area contributed by atoms with E-state index < -0.39 is 0 Å². The van der Waals surface area contributed by atoms with Crippen molar-refractivity contribution >= 4 is 11.8 Å². The Bertz CT molecular complexity index is 298. The number of likely N-dealkylation sites (N-methyl/N-ethyl adjacent to an activating group) is 1. The van der Waals surface area contributed by atoms with Crippen LogP contribution in [-0.4, -0.2) is 30.1 Å². The van der Waals surface area contributed by atoms with E-state index in [9.17, 15) is 5.11 Å². The molecule has 0 saturated carbocycles. The molecule has 3 heteroatoms. The van der Waals surface area contributed by atoms with Gasteiger partial charge < -0.3 is 10.4 Å². The van der Waals surface area contributed by atoms with E-state index in [0.717, 1.165) is 24.3 Å². The summed E-state index contributed by atoms with van der Waals surface area (Å²) in [5.74, 6) is 2.22. The second kappa shape index (κ2) is 7.75. The molecule has 1 atom stereocenters. The number of benzene rings is 1. The number of nitrogens with one attached hydrogen (secondary N) is 1. The second-order valence-electron chi connectivity index (χ2n) is 4.61. The zero-order valence-electron chi connectivity index (χ0n) is 10.8. The van der Waals surface area contributed by atoms with Crippen LogP contribution in [0.15, 0.2) is 30.3 Å². The van der Waals surface area contributed by atoms with Crippen LogP contribution >= 0.6 is 11.8 Å². The van der Waals surface area contributed by atoms with E-state index >= 15 is 0 Å². The van der Waals surface area contributed by atoms with Gasteiger partial charge in [0.1, 0.15) is 0 Å². The molecular weight excluding hydrogens is 230 g/mol. The Balaban J connectivity index is 2.13. The Morgan fingerprint density at radius 2 is 2.00 bits per heavy atom. The molecule has 1 rings (SSSR count). The van der Waals surface area contributed by atoms with Gasteiger partial charge in [-0.05, 0) is 38.1 Å². The maximum atomic E-state index is 9.25. The van der Waals surface area contributed by atoms with Gasteiger partial charge in [0, 0.05) is 11.3 Å². The molecule has 1 aromatic rings. The minimum Gasteiger partial charge on any atom is -0.394 e. The molecule has 0 aliphatic rings. The topological polar surface area (TPSA) is 32.3 Å². The minimum atomic E-state index is -0.118. The summed E-state index contributed by atoms with van der Waals surface area (Å²) in [6, 6.07) is 10.5. The highest BCUT2D eigenvalue weighted by Gasteiger charge is 2.19. The number of thioether (sulfide) groups is 1. The number of aliphatic hydroxyl groups is 1. The Morgan fingerprint density at radius 1 is 1.29 bits per heavy atom. The molecule has 0 fully saturated rings. The quantitative estimate of drug-likeness (QED) is 0.699. The van der Waals surface area contributed by atoms with Crippen molar-refractivity contribution in [3.63, 3.8) is 0 Å². The zero-order chi connectivity index (χ0) is 12.6. The van der Waals surface area contributed by atoms with Crippen molar-refractivity contribution in [3.05, 3.63) is 35.9 Å². The molecule has 0 saturated heterocycles. The lowest BCUT2D eigenvalue weighted by Crippen LogP contribution is -2.43. The fourth-order valence-corrected chi connectivity index (χ4v) is 2.53. The van der Waals surface area contributed by atoms with Gasteiger partial charge in [0.25, 0.3) is 0 Å².